The normalized spacial score (nSPS) is 12.4. The van der Waals surface area contributed by atoms with Crippen LogP contribution in [0, 0.1) is 6.92 Å². The van der Waals surface area contributed by atoms with E-state index in [0.717, 1.165) is 0 Å². The van der Waals surface area contributed by atoms with Gasteiger partial charge in [0.1, 0.15) is 0 Å². The van der Waals surface area contributed by atoms with E-state index in [0.29, 0.717) is 0 Å². The van der Waals surface area contributed by atoms with Crippen molar-refractivity contribution in [3.63, 3.8) is 0 Å². The molecule has 0 fully saturated rings. The summed E-state index contributed by atoms with van der Waals surface area (Å²) in [4.78, 5) is 0. The second-order valence-corrected chi connectivity index (χ2v) is 15.1. The van der Waals surface area contributed by atoms with Gasteiger partial charge in [-0.25, -0.2) is 0 Å². The van der Waals surface area contributed by atoms with E-state index in [4.69, 9.17) is 0 Å². The Hall–Kier alpha value is -0.417. The van der Waals surface area contributed by atoms with Crippen LogP contribution in [0.5, 0.6) is 0 Å². The molecule has 0 atom stereocenters. The van der Waals surface area contributed by atoms with Crippen LogP contribution in [0.25, 0.3) is 10.8 Å². The number of fused-ring (bicyclic) bond motifs is 1. The molecule has 0 nitrogen and oxygen atoms in total. The van der Waals surface area contributed by atoms with Crippen LogP contribution in [0.2, 0.25) is 9.26 Å². The molecule has 2 aromatic rings. The van der Waals surface area contributed by atoms with Crippen molar-refractivity contribution in [3.8, 4) is 0 Å². The third kappa shape index (κ3) is 2.48. The van der Waals surface area contributed by atoms with Crippen molar-refractivity contribution in [1.29, 1.82) is 0 Å². The van der Waals surface area contributed by atoms with Gasteiger partial charge in [0.15, 0.2) is 0 Å². The molecule has 0 aliphatic carbocycles. The van der Waals surface area contributed by atoms with Gasteiger partial charge in [-0.05, 0) is 0 Å². The van der Waals surface area contributed by atoms with E-state index in [-0.39, 0.29) is 5.41 Å². The van der Waals surface area contributed by atoms with E-state index in [1.54, 1.807) is 3.27 Å². The SMILES string of the molecule is Cc1c(C(C)(C)C)c[c]([Bi]([CH3])[CH3])c2ccccc12. The topological polar surface area (TPSA) is 0 Å². The van der Waals surface area contributed by atoms with Crippen molar-refractivity contribution >= 4 is 35.8 Å². The Morgan fingerprint density at radius 2 is 1.50 bits per heavy atom. The molecule has 0 amide bonds. The van der Waals surface area contributed by atoms with E-state index < -0.39 is 21.8 Å². The number of hydrogen-bond acceptors (Lipinski definition) is 0. The summed E-state index contributed by atoms with van der Waals surface area (Å²) in [5.74, 6) is 0. The van der Waals surface area contributed by atoms with E-state index in [1.165, 1.54) is 21.9 Å². The van der Waals surface area contributed by atoms with Gasteiger partial charge in [-0.2, -0.15) is 0 Å². The van der Waals surface area contributed by atoms with Crippen LogP contribution in [0.15, 0.2) is 30.3 Å². The molecular formula is C17H23Bi. The van der Waals surface area contributed by atoms with Crippen molar-refractivity contribution in [2.45, 2.75) is 42.4 Å². The van der Waals surface area contributed by atoms with E-state index in [1.807, 2.05) is 0 Å². The first-order valence-electron chi connectivity index (χ1n) is 6.52. The zero-order chi connectivity index (χ0) is 13.5. The maximum atomic E-state index is 2.51. The first kappa shape index (κ1) is 14.0. The molecule has 1 heteroatoms. The molecule has 0 saturated heterocycles. The van der Waals surface area contributed by atoms with Crippen LogP contribution in [-0.4, -0.2) is 21.8 Å². The van der Waals surface area contributed by atoms with E-state index in [9.17, 15) is 0 Å². The molecule has 0 aromatic heterocycles. The average Bonchev–Trinajstić information content (AvgIpc) is 2.27. The zero-order valence-corrected chi connectivity index (χ0v) is 15.8. The van der Waals surface area contributed by atoms with Crippen molar-refractivity contribution in [1.82, 2.24) is 0 Å². The van der Waals surface area contributed by atoms with Crippen molar-refractivity contribution in [2.75, 3.05) is 0 Å². The first-order chi connectivity index (χ1) is 8.32. The molecule has 0 N–H and O–H groups in total. The van der Waals surface area contributed by atoms with Gasteiger partial charge in [0.05, 0.1) is 0 Å². The summed E-state index contributed by atoms with van der Waals surface area (Å²) in [5, 5.41) is 2.97. The second kappa shape index (κ2) is 4.93. The van der Waals surface area contributed by atoms with Crippen LogP contribution in [0.4, 0.5) is 0 Å². The van der Waals surface area contributed by atoms with Gasteiger partial charge < -0.3 is 0 Å². The van der Waals surface area contributed by atoms with Gasteiger partial charge in [-0.15, -0.1) is 0 Å². The Balaban J connectivity index is 2.88. The second-order valence-electron chi connectivity index (χ2n) is 6.26. The van der Waals surface area contributed by atoms with Gasteiger partial charge in [-0.1, -0.05) is 0 Å². The Labute approximate surface area is 119 Å². The standard InChI is InChI=1S/C15H17.2CH3.Bi/c1-11-13-8-6-5-7-12(13)9-10-14(11)15(2,3)4;;;/h5-8,10H,1-4H3;2*1H3;. The summed E-state index contributed by atoms with van der Waals surface area (Å²) in [7, 11) is 0. The molecule has 2 aromatic carbocycles. The molecule has 0 radical (unpaired) electrons. The summed E-state index contributed by atoms with van der Waals surface area (Å²) >= 11 is -1.44. The van der Waals surface area contributed by atoms with Crippen LogP contribution in [0.3, 0.4) is 0 Å². The monoisotopic (exact) mass is 436 g/mol. The molecule has 0 spiro atoms. The van der Waals surface area contributed by atoms with Crippen molar-refractivity contribution in [2.24, 2.45) is 0 Å². The number of benzene rings is 2. The van der Waals surface area contributed by atoms with Gasteiger partial charge in [0, 0.05) is 0 Å². The van der Waals surface area contributed by atoms with Gasteiger partial charge in [-0.3, -0.25) is 0 Å². The summed E-state index contributed by atoms with van der Waals surface area (Å²) in [5.41, 5.74) is 3.23. The first-order valence-corrected chi connectivity index (χ1v) is 15.2. The quantitative estimate of drug-likeness (QED) is 0.582. The van der Waals surface area contributed by atoms with Gasteiger partial charge >= 0.3 is 120 Å². The summed E-state index contributed by atoms with van der Waals surface area (Å²) in [6.07, 6.45) is 0. The molecule has 2 rings (SSSR count). The molecule has 0 unspecified atom stereocenters. The molecule has 0 aliphatic heterocycles. The summed E-state index contributed by atoms with van der Waals surface area (Å²) in [6.45, 7) is 9.25. The van der Waals surface area contributed by atoms with Crippen molar-refractivity contribution in [3.05, 3.63) is 41.5 Å². The fourth-order valence-electron chi connectivity index (χ4n) is 2.65. The molecule has 96 valence electrons. The molecule has 0 aliphatic rings. The fraction of sp³-hybridized carbons (Fsp3) is 0.412. The Morgan fingerprint density at radius 3 is 2.00 bits per heavy atom. The fourth-order valence-corrected chi connectivity index (χ4v) is 6.79. The molecule has 0 saturated carbocycles. The minimum absolute atomic E-state index is 0.239. The van der Waals surface area contributed by atoms with E-state index in [2.05, 4.69) is 67.3 Å². The predicted molar refractivity (Wildman–Crippen MR) is 84.5 cm³/mol. The average molecular weight is 436 g/mol. The Kier molecular flexibility index (Phi) is 3.83. The van der Waals surface area contributed by atoms with Crippen LogP contribution in [-0.2, 0) is 5.41 Å². The van der Waals surface area contributed by atoms with Crippen LogP contribution < -0.4 is 3.27 Å². The van der Waals surface area contributed by atoms with Gasteiger partial charge in [0.2, 0.25) is 0 Å². The third-order valence-corrected chi connectivity index (χ3v) is 8.77. The van der Waals surface area contributed by atoms with Crippen LogP contribution in [0.1, 0.15) is 31.9 Å². The molecular weight excluding hydrogens is 413 g/mol. The number of aryl methyl sites for hydroxylation is 1. The Bertz CT molecular complexity index is 574. The maximum absolute atomic E-state index is 2.51. The van der Waals surface area contributed by atoms with E-state index >= 15 is 0 Å². The molecule has 0 heterocycles. The minimum atomic E-state index is -1.44. The zero-order valence-electron chi connectivity index (χ0n) is 12.3. The Morgan fingerprint density at radius 1 is 0.944 bits per heavy atom. The summed E-state index contributed by atoms with van der Waals surface area (Å²) in [6, 6.07) is 11.4. The number of hydrogen-bond donors (Lipinski definition) is 0. The summed E-state index contributed by atoms with van der Waals surface area (Å²) < 4.78 is 6.65. The van der Waals surface area contributed by atoms with Crippen molar-refractivity contribution < 1.29 is 0 Å². The number of rotatable bonds is 1. The molecule has 0 bridgehead atoms. The van der Waals surface area contributed by atoms with Crippen LogP contribution >= 0.6 is 0 Å². The molecule has 18 heavy (non-hydrogen) atoms. The van der Waals surface area contributed by atoms with Gasteiger partial charge in [0.25, 0.3) is 0 Å². The third-order valence-electron chi connectivity index (χ3n) is 3.58. The predicted octanol–water partition coefficient (Wildman–Crippen LogP) is 4.41.